The maximum absolute atomic E-state index is 6.62. The normalized spacial score (nSPS) is 19.4. The van der Waals surface area contributed by atoms with E-state index in [4.69, 9.17) is 27.9 Å². The third-order valence-electron chi connectivity index (χ3n) is 5.38. The van der Waals surface area contributed by atoms with Crippen LogP contribution in [0.1, 0.15) is 28.1 Å². The molecule has 4 heterocycles. The van der Waals surface area contributed by atoms with Crippen LogP contribution in [0.15, 0.2) is 71.9 Å². The van der Waals surface area contributed by atoms with Gasteiger partial charge in [0, 0.05) is 31.6 Å². The molecule has 2 aromatic carbocycles. The molecule has 4 aromatic rings. The summed E-state index contributed by atoms with van der Waals surface area (Å²) in [6.45, 7) is 0. The molecule has 0 aliphatic carbocycles. The first-order valence-electron chi connectivity index (χ1n) is 9.35. The van der Waals surface area contributed by atoms with Gasteiger partial charge in [0.15, 0.2) is 6.10 Å². The Morgan fingerprint density at radius 3 is 2.80 bits per heavy atom. The number of rotatable bonds is 2. The lowest BCUT2D eigenvalue weighted by Crippen LogP contribution is -2.32. The van der Waals surface area contributed by atoms with Crippen LogP contribution in [0.4, 0.5) is 5.95 Å². The molecule has 2 atom stereocenters. The number of fused-ring (bicyclic) bond motifs is 3. The fourth-order valence-corrected chi connectivity index (χ4v) is 5.34. The summed E-state index contributed by atoms with van der Waals surface area (Å²) in [6.07, 6.45) is 1.17. The van der Waals surface area contributed by atoms with Gasteiger partial charge in [0.05, 0.1) is 5.70 Å². The topological polar surface area (TPSA) is 52.0 Å². The van der Waals surface area contributed by atoms with Crippen molar-refractivity contribution >= 4 is 46.2 Å². The Morgan fingerprint density at radius 1 is 1.07 bits per heavy atom. The van der Waals surface area contributed by atoms with Gasteiger partial charge in [-0.15, -0.1) is 11.3 Å². The minimum Gasteiger partial charge on any atom is -0.480 e. The summed E-state index contributed by atoms with van der Waals surface area (Å²) in [5.41, 5.74) is 3.76. The number of halogens is 2. The molecule has 0 bridgehead atoms. The Balaban J connectivity index is 1.66. The molecule has 0 amide bonds. The molecule has 0 saturated heterocycles. The van der Waals surface area contributed by atoms with Crippen LogP contribution in [0.25, 0.3) is 5.70 Å². The number of nitrogens with zero attached hydrogens (tertiary/aromatic N) is 3. The monoisotopic (exact) mass is 452 g/mol. The summed E-state index contributed by atoms with van der Waals surface area (Å²) in [5, 5.41) is 11.3. The smallest absolute Gasteiger partial charge is 0.226 e. The van der Waals surface area contributed by atoms with Crippen molar-refractivity contribution in [2.45, 2.75) is 12.1 Å². The number of benzene rings is 2. The van der Waals surface area contributed by atoms with Gasteiger partial charge >= 0.3 is 0 Å². The average Bonchev–Trinajstić information content (AvgIpc) is 3.44. The predicted octanol–water partition coefficient (Wildman–Crippen LogP) is 6.21. The van der Waals surface area contributed by atoms with Crippen molar-refractivity contribution in [3.63, 3.8) is 0 Å². The Hall–Kier alpha value is -2.80. The lowest BCUT2D eigenvalue weighted by Gasteiger charge is -2.38. The summed E-state index contributed by atoms with van der Waals surface area (Å²) in [6, 6.07) is 17.4. The van der Waals surface area contributed by atoms with Gasteiger partial charge in [-0.05, 0) is 35.7 Å². The molecule has 0 fully saturated rings. The van der Waals surface area contributed by atoms with E-state index in [1.165, 1.54) is 0 Å². The van der Waals surface area contributed by atoms with E-state index in [0.717, 1.165) is 33.0 Å². The molecule has 6 rings (SSSR count). The molecule has 2 aliphatic heterocycles. The van der Waals surface area contributed by atoms with E-state index in [9.17, 15) is 0 Å². The van der Waals surface area contributed by atoms with E-state index < -0.39 is 0 Å². The predicted molar refractivity (Wildman–Crippen MR) is 119 cm³/mol. The van der Waals surface area contributed by atoms with E-state index in [0.29, 0.717) is 16.0 Å². The second-order valence-electron chi connectivity index (χ2n) is 7.06. The highest BCUT2D eigenvalue weighted by Gasteiger charge is 2.41. The van der Waals surface area contributed by atoms with Gasteiger partial charge in [0.1, 0.15) is 18.1 Å². The van der Waals surface area contributed by atoms with Gasteiger partial charge in [-0.25, -0.2) is 4.68 Å². The maximum Gasteiger partial charge on any atom is 0.226 e. The van der Waals surface area contributed by atoms with Crippen LogP contribution < -0.4 is 10.1 Å². The summed E-state index contributed by atoms with van der Waals surface area (Å²) in [5.74, 6) is 1.42. The standard InChI is InChI=1S/C22H14Cl2N4OS/c23-12-7-8-16-14(10-12)19-18(21(29-16)13-4-1-2-5-15(13)24)20(17-6-3-9-30-17)28-22(27-19)25-11-26-28/h1-11,20-21H,(H,25,26,27)/t20-,21-/m0/s1. The first-order valence-corrected chi connectivity index (χ1v) is 11.0. The largest absolute Gasteiger partial charge is 0.480 e. The highest BCUT2D eigenvalue weighted by Crippen LogP contribution is 2.52. The lowest BCUT2D eigenvalue weighted by molar-refractivity contribution is 0.223. The van der Waals surface area contributed by atoms with Crippen LogP contribution in [-0.4, -0.2) is 14.8 Å². The molecule has 0 unspecified atom stereocenters. The number of thiophene rings is 1. The van der Waals surface area contributed by atoms with Gasteiger partial charge in [0.25, 0.3) is 0 Å². The average molecular weight is 453 g/mol. The van der Waals surface area contributed by atoms with Gasteiger partial charge in [-0.2, -0.15) is 10.1 Å². The Morgan fingerprint density at radius 2 is 1.97 bits per heavy atom. The number of nitrogens with one attached hydrogen (secondary N) is 1. The summed E-state index contributed by atoms with van der Waals surface area (Å²) in [7, 11) is 0. The number of aromatic nitrogens is 3. The molecule has 0 spiro atoms. The second kappa shape index (κ2) is 6.87. The highest BCUT2D eigenvalue weighted by atomic mass is 35.5. The van der Waals surface area contributed by atoms with Crippen molar-refractivity contribution in [2.75, 3.05) is 5.32 Å². The van der Waals surface area contributed by atoms with Crippen molar-refractivity contribution in [2.24, 2.45) is 0 Å². The Labute approximate surface area is 186 Å². The van der Waals surface area contributed by atoms with E-state index in [2.05, 4.69) is 26.8 Å². The summed E-state index contributed by atoms with van der Waals surface area (Å²) in [4.78, 5) is 5.57. The zero-order valence-electron chi connectivity index (χ0n) is 15.4. The second-order valence-corrected chi connectivity index (χ2v) is 8.88. The van der Waals surface area contributed by atoms with Crippen molar-refractivity contribution < 1.29 is 4.74 Å². The van der Waals surface area contributed by atoms with Crippen molar-refractivity contribution in [3.05, 3.63) is 97.9 Å². The van der Waals surface area contributed by atoms with Crippen LogP contribution in [0.3, 0.4) is 0 Å². The molecular formula is C22H14Cl2N4OS. The van der Waals surface area contributed by atoms with Crippen molar-refractivity contribution in [3.8, 4) is 5.75 Å². The van der Waals surface area contributed by atoms with Gasteiger partial charge in [-0.1, -0.05) is 47.5 Å². The van der Waals surface area contributed by atoms with E-state index in [1.54, 1.807) is 17.7 Å². The Bertz CT molecular complexity index is 1300. The van der Waals surface area contributed by atoms with E-state index >= 15 is 0 Å². The molecule has 30 heavy (non-hydrogen) atoms. The zero-order valence-corrected chi connectivity index (χ0v) is 17.7. The third-order valence-corrected chi connectivity index (χ3v) is 6.88. The SMILES string of the molecule is Clc1ccc2c(c1)C1=C([C@H](c3ccccc3Cl)O2)[C@H](c2cccs2)n2ncnc2N1. The molecule has 5 nitrogen and oxygen atoms in total. The first kappa shape index (κ1) is 18.0. The van der Waals surface area contributed by atoms with Gasteiger partial charge < -0.3 is 10.1 Å². The van der Waals surface area contributed by atoms with Crippen LogP contribution in [0.5, 0.6) is 5.75 Å². The number of hydrogen-bond acceptors (Lipinski definition) is 5. The van der Waals surface area contributed by atoms with Crippen LogP contribution >= 0.6 is 34.5 Å². The lowest BCUT2D eigenvalue weighted by atomic mass is 9.87. The van der Waals surface area contributed by atoms with Crippen LogP contribution in [0, 0.1) is 0 Å². The molecule has 2 aliphatic rings. The van der Waals surface area contributed by atoms with Crippen molar-refractivity contribution in [1.29, 1.82) is 0 Å². The zero-order chi connectivity index (χ0) is 20.2. The first-order chi connectivity index (χ1) is 14.7. The molecular weight excluding hydrogens is 439 g/mol. The number of ether oxygens (including phenoxy) is 1. The van der Waals surface area contributed by atoms with Crippen LogP contribution in [-0.2, 0) is 0 Å². The fourth-order valence-electron chi connectivity index (χ4n) is 4.11. The molecule has 8 heteroatoms. The van der Waals surface area contributed by atoms with E-state index in [1.807, 2.05) is 53.2 Å². The highest BCUT2D eigenvalue weighted by molar-refractivity contribution is 7.10. The quantitative estimate of drug-likeness (QED) is 0.392. The number of anilines is 1. The maximum atomic E-state index is 6.62. The molecule has 1 N–H and O–H groups in total. The minimum absolute atomic E-state index is 0.174. The van der Waals surface area contributed by atoms with E-state index in [-0.39, 0.29) is 12.1 Å². The van der Waals surface area contributed by atoms with Gasteiger partial charge in [0.2, 0.25) is 5.95 Å². The fraction of sp³-hybridized carbons (Fsp3) is 0.0909. The number of hydrogen-bond donors (Lipinski definition) is 1. The molecule has 0 radical (unpaired) electrons. The van der Waals surface area contributed by atoms with Gasteiger partial charge in [-0.3, -0.25) is 0 Å². The minimum atomic E-state index is -0.390. The Kier molecular flexibility index (Phi) is 4.13. The molecule has 148 valence electrons. The third kappa shape index (κ3) is 2.68. The summed E-state index contributed by atoms with van der Waals surface area (Å²) >= 11 is 14.6. The molecule has 0 saturated carbocycles. The van der Waals surface area contributed by atoms with Crippen LogP contribution in [0.2, 0.25) is 10.0 Å². The van der Waals surface area contributed by atoms with Crippen molar-refractivity contribution in [1.82, 2.24) is 14.8 Å². The molecule has 2 aromatic heterocycles. The summed E-state index contributed by atoms with van der Waals surface area (Å²) < 4.78 is 8.44.